The number of benzene rings is 1. The Hall–Kier alpha value is -2.92. The van der Waals surface area contributed by atoms with Gasteiger partial charge in [0.25, 0.3) is 5.91 Å². The third-order valence-electron chi connectivity index (χ3n) is 6.10. The average molecular weight is 388 g/mol. The number of carbonyl (C=O) groups excluding carboxylic acids is 2. The largest absolute Gasteiger partial charge is 0.334 e. The Morgan fingerprint density at radius 3 is 2.46 bits per heavy atom. The van der Waals surface area contributed by atoms with Gasteiger partial charge in [0.05, 0.1) is 0 Å². The van der Waals surface area contributed by atoms with E-state index in [1.807, 2.05) is 36.2 Å². The molecule has 0 N–H and O–H groups in total. The smallest absolute Gasteiger partial charge is 0.257 e. The van der Waals surface area contributed by atoms with Gasteiger partial charge in [-0.15, -0.1) is 11.3 Å². The van der Waals surface area contributed by atoms with E-state index in [1.54, 1.807) is 23.3 Å². The molecule has 0 saturated heterocycles. The number of aryl methyl sites for hydroxylation is 1. The number of thiophene rings is 1. The summed E-state index contributed by atoms with van der Waals surface area (Å²) in [6.07, 6.45) is 0.572. The van der Waals surface area contributed by atoms with Gasteiger partial charge in [0.15, 0.2) is 5.78 Å². The molecule has 0 fully saturated rings. The average Bonchev–Trinajstić information content (AvgIpc) is 3.25. The molecule has 1 aliphatic heterocycles. The number of amides is 1. The molecule has 28 heavy (non-hydrogen) atoms. The van der Waals surface area contributed by atoms with Gasteiger partial charge >= 0.3 is 0 Å². The molecule has 2 heterocycles. The molecule has 0 saturated carbocycles. The molecule has 2 aromatic rings. The van der Waals surface area contributed by atoms with Crippen LogP contribution in [0.25, 0.3) is 5.57 Å². The van der Waals surface area contributed by atoms with Crippen molar-refractivity contribution in [2.45, 2.75) is 19.3 Å². The minimum atomic E-state index is -0.339. The van der Waals surface area contributed by atoms with E-state index in [-0.39, 0.29) is 17.6 Å². The van der Waals surface area contributed by atoms with E-state index in [2.05, 4.69) is 24.9 Å². The topological polar surface area (TPSA) is 40.6 Å². The van der Waals surface area contributed by atoms with Gasteiger partial charge in [-0.3, -0.25) is 14.5 Å². The molecule has 5 rings (SSSR count). The van der Waals surface area contributed by atoms with Crippen molar-refractivity contribution in [3.63, 3.8) is 0 Å². The number of ketones is 1. The van der Waals surface area contributed by atoms with Crippen molar-refractivity contribution in [3.05, 3.63) is 86.5 Å². The number of hydrogen-bond acceptors (Lipinski definition) is 4. The summed E-state index contributed by atoms with van der Waals surface area (Å²) in [6, 6.07) is 9.88. The summed E-state index contributed by atoms with van der Waals surface area (Å²) >= 11 is 1.65. The molecule has 1 unspecified atom stereocenters. The number of carbonyl (C=O) groups is 2. The maximum absolute atomic E-state index is 13.4. The predicted octanol–water partition coefficient (Wildman–Crippen LogP) is 4.32. The summed E-state index contributed by atoms with van der Waals surface area (Å²) in [4.78, 5) is 31.5. The van der Waals surface area contributed by atoms with Crippen LogP contribution in [0.1, 0.15) is 38.7 Å². The van der Waals surface area contributed by atoms with Gasteiger partial charge in [0, 0.05) is 53.7 Å². The van der Waals surface area contributed by atoms with Crippen LogP contribution in [0.2, 0.25) is 0 Å². The van der Waals surface area contributed by atoms with Crippen LogP contribution < -0.4 is 0 Å². The van der Waals surface area contributed by atoms with Crippen LogP contribution in [0.5, 0.6) is 0 Å². The first-order valence-electron chi connectivity index (χ1n) is 9.26. The van der Waals surface area contributed by atoms with E-state index in [0.29, 0.717) is 17.8 Å². The summed E-state index contributed by atoms with van der Waals surface area (Å²) in [6.45, 7) is 6.13. The van der Waals surface area contributed by atoms with Gasteiger partial charge < -0.3 is 4.90 Å². The number of likely N-dealkylation sites (N-methyl/N-ethyl adjacent to an activating group) is 1. The second-order valence-electron chi connectivity index (χ2n) is 7.57. The molecule has 140 valence electrons. The molecule has 1 amide bonds. The highest BCUT2D eigenvalue weighted by molar-refractivity contribution is 7.10. The zero-order valence-corrected chi connectivity index (χ0v) is 16.9. The lowest BCUT2D eigenvalue weighted by Gasteiger charge is -2.42. The van der Waals surface area contributed by atoms with Crippen LogP contribution in [0.15, 0.2) is 65.0 Å². The first-order chi connectivity index (χ1) is 13.4. The second-order valence-corrected chi connectivity index (χ2v) is 8.68. The zero-order chi connectivity index (χ0) is 19.7. The van der Waals surface area contributed by atoms with E-state index in [1.165, 1.54) is 4.88 Å². The summed E-state index contributed by atoms with van der Waals surface area (Å²) in [5.41, 5.74) is 6.22. The third-order valence-corrected chi connectivity index (χ3v) is 6.98. The highest BCUT2D eigenvalue weighted by Gasteiger charge is 2.46. The minimum absolute atomic E-state index is 0.0495. The number of hydrogen-bond donors (Lipinski definition) is 0. The van der Waals surface area contributed by atoms with Crippen LogP contribution in [0, 0.1) is 6.92 Å². The Kier molecular flexibility index (Phi) is 3.55. The van der Waals surface area contributed by atoms with E-state index in [0.717, 1.165) is 33.5 Å². The molecule has 2 aliphatic carbocycles. The van der Waals surface area contributed by atoms with Crippen LogP contribution >= 0.6 is 11.3 Å². The van der Waals surface area contributed by atoms with Crippen molar-refractivity contribution in [1.29, 1.82) is 0 Å². The number of fused-ring (bicyclic) bond motifs is 2. The maximum atomic E-state index is 13.4. The highest BCUT2D eigenvalue weighted by Crippen LogP contribution is 2.53. The van der Waals surface area contributed by atoms with E-state index in [9.17, 15) is 9.59 Å². The van der Waals surface area contributed by atoms with Crippen molar-refractivity contribution in [3.8, 4) is 0 Å². The summed E-state index contributed by atoms with van der Waals surface area (Å²) < 4.78 is 0. The maximum Gasteiger partial charge on any atom is 0.257 e. The Labute approximate surface area is 168 Å². The summed E-state index contributed by atoms with van der Waals surface area (Å²) in [5, 5.41) is 2.08. The lowest BCUT2D eigenvalue weighted by Crippen LogP contribution is -2.44. The molecule has 5 heteroatoms. The molecule has 1 atom stereocenters. The fourth-order valence-corrected chi connectivity index (χ4v) is 5.34. The van der Waals surface area contributed by atoms with Gasteiger partial charge in [0.1, 0.15) is 5.82 Å². The molecule has 1 aromatic heterocycles. The van der Waals surface area contributed by atoms with Crippen molar-refractivity contribution in [1.82, 2.24) is 9.80 Å². The summed E-state index contributed by atoms with van der Waals surface area (Å²) in [5.74, 6) is 0.301. The zero-order valence-electron chi connectivity index (χ0n) is 16.1. The SMILES string of the molecule is C=C1N(C)C(=O)C2=C(CC3=C(C(=O)c4ccccc43)C2c2csc(C)c2)N1C. The van der Waals surface area contributed by atoms with Gasteiger partial charge in [-0.25, -0.2) is 0 Å². The van der Waals surface area contributed by atoms with Crippen LogP contribution in [-0.4, -0.2) is 35.6 Å². The Bertz CT molecular complexity index is 1150. The lowest BCUT2D eigenvalue weighted by atomic mass is 9.75. The van der Waals surface area contributed by atoms with Gasteiger partial charge in [-0.2, -0.15) is 0 Å². The standard InChI is InChI=1S/C23H20N2O2S/c1-12-9-14(11-28-12)19-20-17(15-7-5-6-8-16(15)22(20)26)10-18-21(19)23(27)25(4)13(2)24(18)3/h5-9,11,19H,2,10H2,1,3-4H3. The van der Waals surface area contributed by atoms with Crippen LogP contribution in [-0.2, 0) is 4.79 Å². The van der Waals surface area contributed by atoms with Gasteiger partial charge in [-0.05, 0) is 35.1 Å². The quantitative estimate of drug-likeness (QED) is 0.730. The molecule has 0 spiro atoms. The normalized spacial score (nSPS) is 21.4. The van der Waals surface area contributed by atoms with Gasteiger partial charge in [0.2, 0.25) is 0 Å². The highest BCUT2D eigenvalue weighted by atomic mass is 32.1. The van der Waals surface area contributed by atoms with Gasteiger partial charge in [-0.1, -0.05) is 30.8 Å². The molecule has 1 aromatic carbocycles. The van der Waals surface area contributed by atoms with E-state index >= 15 is 0 Å². The fraction of sp³-hybridized carbons (Fsp3) is 0.217. The number of allylic oxidation sites excluding steroid dienone is 2. The minimum Gasteiger partial charge on any atom is -0.334 e. The number of rotatable bonds is 1. The van der Waals surface area contributed by atoms with E-state index in [4.69, 9.17) is 0 Å². The molecular formula is C23H20N2O2S. The monoisotopic (exact) mass is 388 g/mol. The first kappa shape index (κ1) is 17.2. The van der Waals surface area contributed by atoms with Crippen molar-refractivity contribution in [2.24, 2.45) is 0 Å². The van der Waals surface area contributed by atoms with Crippen molar-refractivity contribution >= 4 is 28.6 Å². The number of nitrogens with zero attached hydrogens (tertiary/aromatic N) is 2. The molecule has 0 bridgehead atoms. The molecule has 3 aliphatic rings. The molecule has 4 nitrogen and oxygen atoms in total. The third kappa shape index (κ3) is 2.11. The lowest BCUT2D eigenvalue weighted by molar-refractivity contribution is -0.126. The second kappa shape index (κ2) is 5.79. The van der Waals surface area contributed by atoms with E-state index < -0.39 is 0 Å². The Morgan fingerprint density at radius 2 is 1.79 bits per heavy atom. The van der Waals surface area contributed by atoms with Crippen molar-refractivity contribution in [2.75, 3.05) is 14.1 Å². The Morgan fingerprint density at radius 1 is 1.07 bits per heavy atom. The Balaban J connectivity index is 1.79. The molecular weight excluding hydrogens is 368 g/mol. The van der Waals surface area contributed by atoms with Crippen molar-refractivity contribution < 1.29 is 9.59 Å². The first-order valence-corrected chi connectivity index (χ1v) is 10.1. The van der Waals surface area contributed by atoms with Crippen LogP contribution in [0.4, 0.5) is 0 Å². The van der Waals surface area contributed by atoms with Crippen LogP contribution in [0.3, 0.4) is 0 Å². The predicted molar refractivity (Wildman–Crippen MR) is 111 cm³/mol. The number of Topliss-reactive ketones (excluding diaryl/α,β-unsaturated/α-hetero) is 1. The fourth-order valence-electron chi connectivity index (χ4n) is 4.61. The summed E-state index contributed by atoms with van der Waals surface area (Å²) in [7, 11) is 3.70. The molecule has 0 radical (unpaired) electrons.